The molecule has 4 rings (SSSR count). The summed E-state index contributed by atoms with van der Waals surface area (Å²) in [4.78, 5) is 15.1. The second-order valence-electron chi connectivity index (χ2n) is 6.77. The Morgan fingerprint density at radius 1 is 1.16 bits per heavy atom. The van der Waals surface area contributed by atoms with Crippen molar-refractivity contribution in [2.24, 2.45) is 0 Å². The zero-order valence-electron chi connectivity index (χ0n) is 14.6. The van der Waals surface area contributed by atoms with E-state index in [1.807, 2.05) is 71.2 Å². The standard InChI is InChI=1S/C21H22N2O2/c1-15-5-7-17(13-20(15)22-11-3-4-12-22)21(24)23(18-8-9-18)14-19-10-6-16(2)25-19/h3-7,10-13,18H,8-9,14H2,1-2H3. The maximum atomic E-state index is 13.1. The highest BCUT2D eigenvalue weighted by Crippen LogP contribution is 2.30. The average Bonchev–Trinajstić information content (AvgIpc) is 3.13. The predicted octanol–water partition coefficient (Wildman–Crippen LogP) is 4.49. The maximum Gasteiger partial charge on any atom is 0.254 e. The van der Waals surface area contributed by atoms with Crippen molar-refractivity contribution in [3.63, 3.8) is 0 Å². The van der Waals surface area contributed by atoms with Crippen LogP contribution in [0.1, 0.15) is 40.3 Å². The van der Waals surface area contributed by atoms with Crippen LogP contribution in [0.15, 0.2) is 59.3 Å². The molecule has 0 saturated heterocycles. The fraction of sp³-hybridized carbons (Fsp3) is 0.286. The number of furan rings is 1. The quantitative estimate of drug-likeness (QED) is 0.689. The third-order valence-electron chi connectivity index (χ3n) is 4.71. The van der Waals surface area contributed by atoms with Gasteiger partial charge in [0.25, 0.3) is 5.91 Å². The number of amides is 1. The lowest BCUT2D eigenvalue weighted by molar-refractivity contribution is 0.0717. The van der Waals surface area contributed by atoms with Crippen molar-refractivity contribution in [3.05, 3.63) is 77.5 Å². The van der Waals surface area contributed by atoms with Gasteiger partial charge in [-0.15, -0.1) is 0 Å². The van der Waals surface area contributed by atoms with Gasteiger partial charge < -0.3 is 13.9 Å². The van der Waals surface area contributed by atoms with E-state index < -0.39 is 0 Å². The van der Waals surface area contributed by atoms with Crippen LogP contribution in [0.25, 0.3) is 5.69 Å². The van der Waals surface area contributed by atoms with Crippen LogP contribution >= 0.6 is 0 Å². The Bertz CT molecular complexity index is 889. The Kier molecular flexibility index (Phi) is 3.96. The topological polar surface area (TPSA) is 38.4 Å². The Labute approximate surface area is 147 Å². The Balaban J connectivity index is 1.63. The summed E-state index contributed by atoms with van der Waals surface area (Å²) in [5, 5.41) is 0. The molecule has 2 aromatic heterocycles. The number of aromatic nitrogens is 1. The van der Waals surface area contributed by atoms with Gasteiger partial charge in [-0.3, -0.25) is 4.79 Å². The molecule has 4 nitrogen and oxygen atoms in total. The van der Waals surface area contributed by atoms with Crippen LogP contribution in [0.5, 0.6) is 0 Å². The van der Waals surface area contributed by atoms with Crippen molar-refractivity contribution >= 4 is 5.91 Å². The number of carbonyl (C=O) groups is 1. The number of hydrogen-bond acceptors (Lipinski definition) is 2. The fourth-order valence-corrected chi connectivity index (χ4v) is 3.17. The molecule has 1 saturated carbocycles. The van der Waals surface area contributed by atoms with Gasteiger partial charge in [0.05, 0.1) is 6.54 Å². The lowest BCUT2D eigenvalue weighted by Gasteiger charge is -2.22. The molecule has 0 aliphatic heterocycles. The number of rotatable bonds is 5. The van der Waals surface area contributed by atoms with E-state index in [1.54, 1.807) is 0 Å². The lowest BCUT2D eigenvalue weighted by Crippen LogP contribution is -2.32. The molecule has 25 heavy (non-hydrogen) atoms. The van der Waals surface area contributed by atoms with Gasteiger partial charge in [-0.05, 0) is 68.7 Å². The highest BCUT2D eigenvalue weighted by Gasteiger charge is 2.33. The van der Waals surface area contributed by atoms with E-state index >= 15 is 0 Å². The molecule has 1 amide bonds. The molecule has 128 valence electrons. The van der Waals surface area contributed by atoms with Crippen molar-refractivity contribution in [1.82, 2.24) is 9.47 Å². The number of hydrogen-bond donors (Lipinski definition) is 0. The molecule has 0 bridgehead atoms. The summed E-state index contributed by atoms with van der Waals surface area (Å²) in [5.74, 6) is 1.80. The van der Waals surface area contributed by atoms with Gasteiger partial charge in [-0.1, -0.05) is 6.07 Å². The first kappa shape index (κ1) is 15.8. The van der Waals surface area contributed by atoms with E-state index in [0.29, 0.717) is 12.6 Å². The Morgan fingerprint density at radius 2 is 1.92 bits per heavy atom. The smallest absolute Gasteiger partial charge is 0.254 e. The molecule has 0 atom stereocenters. The number of nitrogens with zero attached hydrogens (tertiary/aromatic N) is 2. The van der Waals surface area contributed by atoms with Gasteiger partial charge in [-0.25, -0.2) is 0 Å². The summed E-state index contributed by atoms with van der Waals surface area (Å²) in [6.07, 6.45) is 6.14. The summed E-state index contributed by atoms with van der Waals surface area (Å²) in [6, 6.07) is 14.1. The van der Waals surface area contributed by atoms with Crippen molar-refractivity contribution in [2.75, 3.05) is 0 Å². The predicted molar refractivity (Wildman–Crippen MR) is 96.8 cm³/mol. The van der Waals surface area contributed by atoms with Gasteiger partial charge in [0, 0.05) is 29.7 Å². The molecule has 1 aliphatic rings. The van der Waals surface area contributed by atoms with Crippen molar-refractivity contribution in [3.8, 4) is 5.69 Å². The van der Waals surface area contributed by atoms with Crippen LogP contribution in [0.4, 0.5) is 0 Å². The van der Waals surface area contributed by atoms with E-state index in [1.165, 1.54) is 0 Å². The van der Waals surface area contributed by atoms with Crippen LogP contribution in [-0.4, -0.2) is 21.4 Å². The molecule has 2 heterocycles. The minimum absolute atomic E-state index is 0.0740. The normalized spacial score (nSPS) is 13.8. The van der Waals surface area contributed by atoms with E-state index in [-0.39, 0.29) is 5.91 Å². The number of benzene rings is 1. The van der Waals surface area contributed by atoms with Crippen molar-refractivity contribution in [1.29, 1.82) is 0 Å². The lowest BCUT2D eigenvalue weighted by atomic mass is 10.1. The number of carbonyl (C=O) groups excluding carboxylic acids is 1. The van der Waals surface area contributed by atoms with E-state index in [4.69, 9.17) is 4.42 Å². The zero-order chi connectivity index (χ0) is 17.4. The molecule has 0 unspecified atom stereocenters. The summed E-state index contributed by atoms with van der Waals surface area (Å²) >= 11 is 0. The molecule has 1 aromatic carbocycles. The van der Waals surface area contributed by atoms with Crippen LogP contribution in [0, 0.1) is 13.8 Å². The molecule has 1 aliphatic carbocycles. The van der Waals surface area contributed by atoms with Crippen LogP contribution in [-0.2, 0) is 6.54 Å². The first-order chi connectivity index (χ1) is 12.1. The third-order valence-corrected chi connectivity index (χ3v) is 4.71. The molecular weight excluding hydrogens is 312 g/mol. The highest BCUT2D eigenvalue weighted by molar-refractivity contribution is 5.95. The Morgan fingerprint density at radius 3 is 2.56 bits per heavy atom. The first-order valence-electron chi connectivity index (χ1n) is 8.72. The maximum absolute atomic E-state index is 13.1. The zero-order valence-corrected chi connectivity index (χ0v) is 14.6. The van der Waals surface area contributed by atoms with E-state index in [9.17, 15) is 4.79 Å². The SMILES string of the molecule is Cc1ccc(CN(C(=O)c2ccc(C)c(-n3cccc3)c2)C2CC2)o1. The second-order valence-corrected chi connectivity index (χ2v) is 6.77. The van der Waals surface area contributed by atoms with Crippen molar-refractivity contribution in [2.45, 2.75) is 39.3 Å². The summed E-state index contributed by atoms with van der Waals surface area (Å²) in [5.41, 5.74) is 2.91. The third kappa shape index (κ3) is 3.25. The minimum Gasteiger partial charge on any atom is -0.464 e. The molecule has 3 aromatic rings. The summed E-state index contributed by atoms with van der Waals surface area (Å²) in [7, 11) is 0. The summed E-state index contributed by atoms with van der Waals surface area (Å²) < 4.78 is 7.73. The fourth-order valence-electron chi connectivity index (χ4n) is 3.17. The molecule has 1 fully saturated rings. The largest absolute Gasteiger partial charge is 0.464 e. The van der Waals surface area contributed by atoms with Gasteiger partial charge in [0.1, 0.15) is 11.5 Å². The average molecular weight is 334 g/mol. The summed E-state index contributed by atoms with van der Waals surface area (Å²) in [6.45, 7) is 4.52. The van der Waals surface area contributed by atoms with E-state index in [2.05, 4.69) is 6.92 Å². The second kappa shape index (κ2) is 6.28. The van der Waals surface area contributed by atoms with Gasteiger partial charge in [-0.2, -0.15) is 0 Å². The molecule has 0 N–H and O–H groups in total. The van der Waals surface area contributed by atoms with E-state index in [0.717, 1.165) is 41.2 Å². The molecule has 4 heteroatoms. The Hall–Kier alpha value is -2.75. The monoisotopic (exact) mass is 334 g/mol. The van der Waals surface area contributed by atoms with Crippen LogP contribution < -0.4 is 0 Å². The van der Waals surface area contributed by atoms with Crippen molar-refractivity contribution < 1.29 is 9.21 Å². The van der Waals surface area contributed by atoms with Gasteiger partial charge in [0.15, 0.2) is 0 Å². The minimum atomic E-state index is 0.0740. The molecule has 0 spiro atoms. The first-order valence-corrected chi connectivity index (χ1v) is 8.72. The van der Waals surface area contributed by atoms with Gasteiger partial charge >= 0.3 is 0 Å². The number of aryl methyl sites for hydroxylation is 2. The highest BCUT2D eigenvalue weighted by atomic mass is 16.3. The van der Waals surface area contributed by atoms with Crippen LogP contribution in [0.3, 0.4) is 0 Å². The van der Waals surface area contributed by atoms with Crippen LogP contribution in [0.2, 0.25) is 0 Å². The molecular formula is C21H22N2O2. The van der Waals surface area contributed by atoms with Gasteiger partial charge in [0.2, 0.25) is 0 Å². The molecule has 0 radical (unpaired) electrons.